The molecule has 0 bridgehead atoms. The summed E-state index contributed by atoms with van der Waals surface area (Å²) in [5.41, 5.74) is 0.874. The van der Waals surface area contributed by atoms with Gasteiger partial charge in [-0.05, 0) is 35.7 Å². The molecule has 0 aliphatic rings. The Labute approximate surface area is 202 Å². The van der Waals surface area contributed by atoms with Gasteiger partial charge in [-0.2, -0.15) is 0 Å². The Morgan fingerprint density at radius 3 is 2.11 bits per heavy atom. The molecule has 4 aromatic rings. The van der Waals surface area contributed by atoms with Crippen LogP contribution in [-0.2, 0) is 4.74 Å². The molecular formula is C28H25NO6. The van der Waals surface area contributed by atoms with Gasteiger partial charge in [0, 0.05) is 29.5 Å². The third-order valence-electron chi connectivity index (χ3n) is 5.51. The average molecular weight is 472 g/mol. The van der Waals surface area contributed by atoms with Crippen molar-refractivity contribution >= 4 is 22.8 Å². The smallest absolute Gasteiger partial charge is 0.414 e. The molecule has 178 valence electrons. The standard InChI is InChI=1S/C28H25NO6/c30-18-17-25(34-20-11-5-2-6-12-20)26(23-15-16-24(31)22-14-8-7-13-21(22)23)35-28(33)29-27(32)19-9-3-1-4-10-19/h1-16,25-26,30-31H,17-18H2,(H,29,32,33)/t25-,26-/m1/s1. The highest BCUT2D eigenvalue weighted by Gasteiger charge is 2.31. The monoisotopic (exact) mass is 471 g/mol. The number of aliphatic hydroxyl groups excluding tert-OH is 1. The van der Waals surface area contributed by atoms with Gasteiger partial charge in [-0.1, -0.05) is 66.7 Å². The summed E-state index contributed by atoms with van der Waals surface area (Å²) >= 11 is 0. The zero-order valence-electron chi connectivity index (χ0n) is 18.8. The number of aromatic hydroxyl groups is 1. The van der Waals surface area contributed by atoms with Crippen LogP contribution in [0.1, 0.15) is 28.4 Å². The number of para-hydroxylation sites is 1. The first-order valence-electron chi connectivity index (χ1n) is 11.2. The van der Waals surface area contributed by atoms with Crippen LogP contribution in [0.4, 0.5) is 4.79 Å². The van der Waals surface area contributed by atoms with Gasteiger partial charge in [0.15, 0.2) is 6.10 Å². The first kappa shape index (κ1) is 23.8. The van der Waals surface area contributed by atoms with E-state index in [-0.39, 0.29) is 18.8 Å². The number of benzene rings is 4. The minimum absolute atomic E-state index is 0.0782. The van der Waals surface area contributed by atoms with E-state index in [0.29, 0.717) is 27.6 Å². The molecule has 0 aromatic heterocycles. The molecule has 4 aromatic carbocycles. The highest BCUT2D eigenvalue weighted by atomic mass is 16.6. The van der Waals surface area contributed by atoms with Crippen molar-refractivity contribution < 1.29 is 29.3 Å². The van der Waals surface area contributed by atoms with Crippen LogP contribution in [0.3, 0.4) is 0 Å². The van der Waals surface area contributed by atoms with Gasteiger partial charge in [0.05, 0.1) is 0 Å². The molecule has 2 amide bonds. The second kappa shape index (κ2) is 11.2. The van der Waals surface area contributed by atoms with Crippen LogP contribution in [0.25, 0.3) is 10.8 Å². The topological polar surface area (TPSA) is 105 Å². The van der Waals surface area contributed by atoms with Crippen molar-refractivity contribution in [1.82, 2.24) is 5.32 Å². The number of alkyl carbamates (subject to hydrolysis) is 1. The molecule has 0 fully saturated rings. The van der Waals surface area contributed by atoms with E-state index >= 15 is 0 Å². The van der Waals surface area contributed by atoms with Gasteiger partial charge in [0.2, 0.25) is 0 Å². The van der Waals surface area contributed by atoms with Crippen molar-refractivity contribution in [3.05, 3.63) is 108 Å². The maximum Gasteiger partial charge on any atom is 0.414 e. The summed E-state index contributed by atoms with van der Waals surface area (Å²) in [7, 11) is 0. The van der Waals surface area contributed by atoms with E-state index in [0.717, 1.165) is 0 Å². The number of amides is 2. The van der Waals surface area contributed by atoms with Crippen molar-refractivity contribution in [2.45, 2.75) is 18.6 Å². The number of rotatable bonds is 8. The number of hydrogen-bond donors (Lipinski definition) is 3. The van der Waals surface area contributed by atoms with Gasteiger partial charge in [0.1, 0.15) is 17.6 Å². The Morgan fingerprint density at radius 2 is 1.43 bits per heavy atom. The summed E-state index contributed by atoms with van der Waals surface area (Å²) in [4.78, 5) is 25.4. The minimum Gasteiger partial charge on any atom is -0.507 e. The molecule has 0 radical (unpaired) electrons. The third kappa shape index (κ3) is 5.77. The Balaban J connectivity index is 1.69. The maximum absolute atomic E-state index is 12.9. The van der Waals surface area contributed by atoms with E-state index < -0.39 is 24.2 Å². The number of aliphatic hydroxyl groups is 1. The number of carbonyl (C=O) groups is 2. The molecule has 7 nitrogen and oxygen atoms in total. The molecule has 0 spiro atoms. The molecular weight excluding hydrogens is 446 g/mol. The van der Waals surface area contributed by atoms with Crippen LogP contribution in [0.2, 0.25) is 0 Å². The van der Waals surface area contributed by atoms with Gasteiger partial charge < -0.3 is 19.7 Å². The van der Waals surface area contributed by atoms with Gasteiger partial charge in [-0.3, -0.25) is 10.1 Å². The molecule has 0 heterocycles. The molecule has 4 rings (SSSR count). The molecule has 2 atom stereocenters. The second-order valence-corrected chi connectivity index (χ2v) is 7.85. The normalized spacial score (nSPS) is 12.5. The van der Waals surface area contributed by atoms with Crippen molar-refractivity contribution in [1.29, 1.82) is 0 Å². The summed E-state index contributed by atoms with van der Waals surface area (Å²) in [5, 5.41) is 23.6. The number of carbonyl (C=O) groups excluding carboxylic acids is 2. The summed E-state index contributed by atoms with van der Waals surface area (Å²) < 4.78 is 11.9. The molecule has 0 aliphatic heterocycles. The van der Waals surface area contributed by atoms with E-state index in [4.69, 9.17) is 9.47 Å². The summed E-state index contributed by atoms with van der Waals surface area (Å²) in [6.45, 7) is -0.224. The van der Waals surface area contributed by atoms with Gasteiger partial charge >= 0.3 is 6.09 Å². The van der Waals surface area contributed by atoms with Crippen LogP contribution in [-0.4, -0.2) is 34.9 Å². The number of fused-ring (bicyclic) bond motifs is 1. The second-order valence-electron chi connectivity index (χ2n) is 7.85. The van der Waals surface area contributed by atoms with E-state index in [1.165, 1.54) is 6.07 Å². The van der Waals surface area contributed by atoms with Crippen LogP contribution in [0.5, 0.6) is 11.5 Å². The van der Waals surface area contributed by atoms with E-state index in [1.54, 1.807) is 72.8 Å². The zero-order valence-corrected chi connectivity index (χ0v) is 18.8. The summed E-state index contributed by atoms with van der Waals surface area (Å²) in [6.07, 6.45) is -2.60. The van der Waals surface area contributed by atoms with Crippen LogP contribution < -0.4 is 10.1 Å². The molecule has 35 heavy (non-hydrogen) atoms. The number of phenols is 1. The number of hydrogen-bond acceptors (Lipinski definition) is 6. The average Bonchev–Trinajstić information content (AvgIpc) is 2.89. The number of phenolic OH excluding ortho intramolecular Hbond substituents is 1. The SMILES string of the molecule is O=C(NC(=O)c1ccccc1)O[C@H](c1ccc(O)c2ccccc12)[C@@H](CCO)Oc1ccccc1. The fourth-order valence-electron chi connectivity index (χ4n) is 3.87. The third-order valence-corrected chi connectivity index (χ3v) is 5.51. The lowest BCUT2D eigenvalue weighted by Gasteiger charge is -2.28. The lowest BCUT2D eigenvalue weighted by Crippen LogP contribution is -2.36. The maximum atomic E-state index is 12.9. The van der Waals surface area contributed by atoms with Crippen LogP contribution >= 0.6 is 0 Å². The van der Waals surface area contributed by atoms with Gasteiger partial charge in [-0.15, -0.1) is 0 Å². The molecule has 7 heteroatoms. The predicted octanol–water partition coefficient (Wildman–Crippen LogP) is 4.98. The van der Waals surface area contributed by atoms with Gasteiger partial charge in [0.25, 0.3) is 5.91 Å². The molecule has 0 saturated heterocycles. The quantitative estimate of drug-likeness (QED) is 0.335. The number of imide groups is 1. The summed E-state index contributed by atoms with van der Waals surface area (Å²) in [5.74, 6) is 0.00509. The Kier molecular flexibility index (Phi) is 7.60. The van der Waals surface area contributed by atoms with Crippen molar-refractivity contribution in [3.63, 3.8) is 0 Å². The van der Waals surface area contributed by atoms with Gasteiger partial charge in [-0.25, -0.2) is 4.79 Å². The predicted molar refractivity (Wildman–Crippen MR) is 131 cm³/mol. The minimum atomic E-state index is -1.00. The molecule has 0 unspecified atom stereocenters. The van der Waals surface area contributed by atoms with E-state index in [2.05, 4.69) is 5.32 Å². The lowest BCUT2D eigenvalue weighted by atomic mass is 9.95. The number of nitrogens with one attached hydrogen (secondary N) is 1. The van der Waals surface area contributed by atoms with Crippen molar-refractivity contribution in [3.8, 4) is 11.5 Å². The summed E-state index contributed by atoms with van der Waals surface area (Å²) in [6, 6.07) is 27.6. The highest BCUT2D eigenvalue weighted by molar-refractivity contribution is 6.03. The number of ether oxygens (including phenoxy) is 2. The van der Waals surface area contributed by atoms with E-state index in [1.807, 2.05) is 18.2 Å². The highest BCUT2D eigenvalue weighted by Crippen LogP contribution is 2.36. The fraction of sp³-hybridized carbons (Fsp3) is 0.143. The molecule has 0 saturated carbocycles. The first-order valence-corrected chi connectivity index (χ1v) is 11.2. The fourth-order valence-corrected chi connectivity index (χ4v) is 3.87. The van der Waals surface area contributed by atoms with Crippen LogP contribution in [0, 0.1) is 0 Å². The zero-order chi connectivity index (χ0) is 24.6. The Bertz CT molecular complexity index is 1290. The Morgan fingerprint density at radius 1 is 0.800 bits per heavy atom. The van der Waals surface area contributed by atoms with Crippen LogP contribution in [0.15, 0.2) is 97.1 Å². The first-order chi connectivity index (χ1) is 17.1. The largest absolute Gasteiger partial charge is 0.507 e. The lowest BCUT2D eigenvalue weighted by molar-refractivity contribution is 0.00461. The van der Waals surface area contributed by atoms with Crippen molar-refractivity contribution in [2.24, 2.45) is 0 Å². The van der Waals surface area contributed by atoms with Crippen molar-refractivity contribution in [2.75, 3.05) is 6.61 Å². The molecule has 0 aliphatic carbocycles. The molecule has 3 N–H and O–H groups in total. The van der Waals surface area contributed by atoms with E-state index in [9.17, 15) is 19.8 Å². The Hall–Kier alpha value is -4.36.